The number of allylic oxidation sites excluding steroid dienone is 4. The summed E-state index contributed by atoms with van der Waals surface area (Å²) >= 11 is 0. The molecular weight excluding hydrogens is 176 g/mol. The van der Waals surface area contributed by atoms with Crippen LogP contribution >= 0.6 is 0 Å². The summed E-state index contributed by atoms with van der Waals surface area (Å²) in [6.45, 7) is 3.73. The summed E-state index contributed by atoms with van der Waals surface area (Å²) in [4.78, 5) is 22.9. The van der Waals surface area contributed by atoms with E-state index in [9.17, 15) is 9.59 Å². The molecule has 1 fully saturated rings. The maximum absolute atomic E-state index is 11.9. The van der Waals surface area contributed by atoms with Crippen molar-refractivity contribution in [2.45, 2.75) is 26.7 Å². The van der Waals surface area contributed by atoms with Gasteiger partial charge < -0.3 is 4.79 Å². The highest BCUT2D eigenvalue weighted by atomic mass is 16.1. The Morgan fingerprint density at radius 1 is 1.36 bits per heavy atom. The highest BCUT2D eigenvalue weighted by molar-refractivity contribution is 6.04. The summed E-state index contributed by atoms with van der Waals surface area (Å²) in [5.74, 6) is -0.0231. The molecule has 0 N–H and O–H groups in total. The molecule has 0 aromatic heterocycles. The lowest BCUT2D eigenvalue weighted by atomic mass is 9.85. The molecule has 1 aliphatic rings. The van der Waals surface area contributed by atoms with Crippen LogP contribution in [0.3, 0.4) is 0 Å². The number of carbonyl (C=O) groups is 2. The molecule has 0 aromatic rings. The Bertz CT molecular complexity index is 289. The third kappa shape index (κ3) is 1.69. The van der Waals surface area contributed by atoms with Gasteiger partial charge in [0.15, 0.2) is 5.78 Å². The molecule has 0 aliphatic heterocycles. The molecular formula is C12H16O2. The minimum Gasteiger partial charge on any atom is -0.302 e. The predicted molar refractivity (Wildman–Crippen MR) is 55.9 cm³/mol. The van der Waals surface area contributed by atoms with Crippen molar-refractivity contribution in [2.75, 3.05) is 0 Å². The molecule has 0 aromatic carbocycles. The number of aldehydes is 1. The topological polar surface area (TPSA) is 34.1 Å². The molecule has 0 bridgehead atoms. The molecule has 0 heterocycles. The van der Waals surface area contributed by atoms with Crippen molar-refractivity contribution < 1.29 is 9.59 Å². The van der Waals surface area contributed by atoms with Gasteiger partial charge in [-0.3, -0.25) is 4.79 Å². The van der Waals surface area contributed by atoms with Crippen molar-refractivity contribution in [1.82, 2.24) is 0 Å². The van der Waals surface area contributed by atoms with Crippen LogP contribution in [-0.4, -0.2) is 12.1 Å². The average molecular weight is 192 g/mol. The van der Waals surface area contributed by atoms with Gasteiger partial charge in [-0.25, -0.2) is 0 Å². The van der Waals surface area contributed by atoms with Gasteiger partial charge in [-0.2, -0.15) is 0 Å². The van der Waals surface area contributed by atoms with Gasteiger partial charge in [0.2, 0.25) is 0 Å². The van der Waals surface area contributed by atoms with Gasteiger partial charge in [0.05, 0.1) is 0 Å². The van der Waals surface area contributed by atoms with Crippen molar-refractivity contribution in [3.63, 3.8) is 0 Å². The first kappa shape index (κ1) is 10.9. The predicted octanol–water partition coefficient (Wildman–Crippen LogP) is 2.30. The molecule has 1 aliphatic carbocycles. The molecule has 2 atom stereocenters. The molecule has 0 spiro atoms. The largest absolute Gasteiger partial charge is 0.302 e. The van der Waals surface area contributed by atoms with E-state index in [2.05, 4.69) is 0 Å². The number of rotatable bonds is 3. The van der Waals surface area contributed by atoms with Crippen LogP contribution < -0.4 is 0 Å². The molecule has 0 radical (unpaired) electrons. The van der Waals surface area contributed by atoms with E-state index in [1.54, 1.807) is 12.2 Å². The molecule has 1 rings (SSSR count). The van der Waals surface area contributed by atoms with Crippen LogP contribution in [0.2, 0.25) is 0 Å². The maximum Gasteiger partial charge on any atom is 0.156 e. The summed E-state index contributed by atoms with van der Waals surface area (Å²) in [7, 11) is 0. The SMILES string of the molecule is C/C=C\C1CCC(C=O)(/C=C\C)C1=O. The van der Waals surface area contributed by atoms with Gasteiger partial charge in [0, 0.05) is 5.92 Å². The van der Waals surface area contributed by atoms with Crippen LogP contribution in [0.1, 0.15) is 26.7 Å². The second-order valence-electron chi connectivity index (χ2n) is 3.69. The maximum atomic E-state index is 11.9. The lowest BCUT2D eigenvalue weighted by Gasteiger charge is -2.14. The van der Waals surface area contributed by atoms with Crippen molar-refractivity contribution in [1.29, 1.82) is 0 Å². The fraction of sp³-hybridized carbons (Fsp3) is 0.500. The van der Waals surface area contributed by atoms with Crippen LogP contribution in [0.25, 0.3) is 0 Å². The Labute approximate surface area is 84.7 Å². The van der Waals surface area contributed by atoms with Gasteiger partial charge in [0.1, 0.15) is 11.7 Å². The molecule has 2 heteroatoms. The number of Topliss-reactive ketones (excluding diaryl/α,β-unsaturated/α-hetero) is 1. The van der Waals surface area contributed by atoms with E-state index in [0.717, 1.165) is 12.7 Å². The summed E-state index contributed by atoms with van der Waals surface area (Å²) < 4.78 is 0. The lowest BCUT2D eigenvalue weighted by molar-refractivity contribution is -0.130. The Morgan fingerprint density at radius 2 is 2.07 bits per heavy atom. The minimum atomic E-state index is -0.834. The Morgan fingerprint density at radius 3 is 2.57 bits per heavy atom. The van der Waals surface area contributed by atoms with Crippen molar-refractivity contribution in [2.24, 2.45) is 11.3 Å². The Balaban J connectivity index is 2.94. The highest BCUT2D eigenvalue weighted by Gasteiger charge is 2.44. The molecule has 14 heavy (non-hydrogen) atoms. The number of hydrogen-bond acceptors (Lipinski definition) is 2. The zero-order valence-electron chi connectivity index (χ0n) is 8.69. The molecule has 0 saturated heterocycles. The number of carbonyl (C=O) groups excluding carboxylic acids is 2. The third-order valence-corrected chi connectivity index (χ3v) is 2.76. The lowest BCUT2D eigenvalue weighted by Crippen LogP contribution is -2.27. The first-order valence-electron chi connectivity index (χ1n) is 4.97. The van der Waals surface area contributed by atoms with Crippen LogP contribution in [-0.2, 0) is 9.59 Å². The first-order valence-corrected chi connectivity index (χ1v) is 4.97. The fourth-order valence-electron chi connectivity index (χ4n) is 2.03. The van der Waals surface area contributed by atoms with Gasteiger partial charge >= 0.3 is 0 Å². The van der Waals surface area contributed by atoms with Crippen LogP contribution in [0.4, 0.5) is 0 Å². The van der Waals surface area contributed by atoms with Gasteiger partial charge in [-0.05, 0) is 26.7 Å². The van der Waals surface area contributed by atoms with Crippen molar-refractivity contribution in [3.8, 4) is 0 Å². The normalized spacial score (nSPS) is 33.3. The van der Waals surface area contributed by atoms with Crippen LogP contribution in [0.5, 0.6) is 0 Å². The van der Waals surface area contributed by atoms with E-state index in [-0.39, 0.29) is 11.7 Å². The third-order valence-electron chi connectivity index (χ3n) is 2.76. The highest BCUT2D eigenvalue weighted by Crippen LogP contribution is 2.38. The summed E-state index contributed by atoms with van der Waals surface area (Å²) in [5, 5.41) is 0. The molecule has 76 valence electrons. The van der Waals surface area contributed by atoms with E-state index in [0.29, 0.717) is 6.42 Å². The van der Waals surface area contributed by atoms with Crippen molar-refractivity contribution >= 4 is 12.1 Å². The average Bonchev–Trinajstić information content (AvgIpc) is 2.48. The smallest absolute Gasteiger partial charge is 0.156 e. The van der Waals surface area contributed by atoms with Gasteiger partial charge in [-0.15, -0.1) is 0 Å². The van der Waals surface area contributed by atoms with E-state index < -0.39 is 5.41 Å². The zero-order valence-corrected chi connectivity index (χ0v) is 8.69. The summed E-state index contributed by atoms with van der Waals surface area (Å²) in [6.07, 6.45) is 9.49. The molecule has 2 nitrogen and oxygen atoms in total. The molecule has 2 unspecified atom stereocenters. The van der Waals surface area contributed by atoms with Crippen LogP contribution in [0.15, 0.2) is 24.3 Å². The fourth-order valence-corrected chi connectivity index (χ4v) is 2.03. The van der Waals surface area contributed by atoms with Gasteiger partial charge in [-0.1, -0.05) is 24.3 Å². The summed E-state index contributed by atoms with van der Waals surface area (Å²) in [6, 6.07) is 0. The minimum absolute atomic E-state index is 0.0451. The van der Waals surface area contributed by atoms with Gasteiger partial charge in [0.25, 0.3) is 0 Å². The Hall–Kier alpha value is -1.18. The monoisotopic (exact) mass is 192 g/mol. The Kier molecular flexibility index (Phi) is 3.39. The van der Waals surface area contributed by atoms with E-state index in [1.165, 1.54) is 0 Å². The quantitative estimate of drug-likeness (QED) is 0.390. The van der Waals surface area contributed by atoms with E-state index in [4.69, 9.17) is 0 Å². The van der Waals surface area contributed by atoms with E-state index >= 15 is 0 Å². The number of ketones is 1. The second-order valence-corrected chi connectivity index (χ2v) is 3.69. The van der Waals surface area contributed by atoms with E-state index in [1.807, 2.05) is 26.0 Å². The standard InChI is InChI=1S/C12H16O2/c1-3-5-10-6-8-12(9-13,7-4-2)11(10)14/h3-5,7,9-10H,6,8H2,1-2H3/b5-3-,7-4-. The summed E-state index contributed by atoms with van der Waals surface area (Å²) in [5.41, 5.74) is -0.834. The second kappa shape index (κ2) is 4.36. The molecule has 0 amide bonds. The molecule has 1 saturated carbocycles. The zero-order chi connectivity index (χ0) is 10.6. The number of hydrogen-bond donors (Lipinski definition) is 0. The van der Waals surface area contributed by atoms with Crippen LogP contribution in [0, 0.1) is 11.3 Å². The first-order chi connectivity index (χ1) is 6.70. The van der Waals surface area contributed by atoms with Crippen molar-refractivity contribution in [3.05, 3.63) is 24.3 Å².